The van der Waals surface area contributed by atoms with Gasteiger partial charge in [0.15, 0.2) is 0 Å². The van der Waals surface area contributed by atoms with Crippen molar-refractivity contribution in [2.45, 2.75) is 19.6 Å². The lowest BCUT2D eigenvalue weighted by molar-refractivity contribution is -0.119. The first kappa shape index (κ1) is 15.0. The maximum absolute atomic E-state index is 10.9. The van der Waals surface area contributed by atoms with Gasteiger partial charge in [-0.3, -0.25) is 19.7 Å². The number of amides is 1. The molecule has 1 unspecified atom stereocenters. The fraction of sp³-hybridized carbons (Fsp3) is 0.692. The van der Waals surface area contributed by atoms with E-state index in [0.717, 1.165) is 25.3 Å². The molecule has 3 N–H and O–H groups in total. The van der Waals surface area contributed by atoms with E-state index in [4.69, 9.17) is 10.5 Å². The molecule has 112 valence electrons. The Hall–Kier alpha value is -1.44. The Labute approximate surface area is 119 Å². The standard InChI is InChI=1S/C13H23N5O2/c1-10-11(5-15-16-10)6-18-3-4-20-12(8-18)7-17(2)9-13(14)19/h5,12H,3-4,6-9H2,1-2H3,(H2,14,19)(H,15,16). The Bertz CT molecular complexity index is 448. The molecule has 2 heterocycles. The average molecular weight is 281 g/mol. The zero-order valence-electron chi connectivity index (χ0n) is 12.1. The van der Waals surface area contributed by atoms with Crippen molar-refractivity contribution in [1.29, 1.82) is 0 Å². The summed E-state index contributed by atoms with van der Waals surface area (Å²) in [5.41, 5.74) is 7.52. The molecular formula is C13H23N5O2. The van der Waals surface area contributed by atoms with Crippen LogP contribution >= 0.6 is 0 Å². The zero-order chi connectivity index (χ0) is 14.5. The summed E-state index contributed by atoms with van der Waals surface area (Å²) in [5, 5.41) is 7.00. The molecule has 0 saturated carbocycles. The van der Waals surface area contributed by atoms with Gasteiger partial charge in [-0.1, -0.05) is 0 Å². The number of nitrogens with zero attached hydrogens (tertiary/aromatic N) is 3. The molecular weight excluding hydrogens is 258 g/mol. The van der Waals surface area contributed by atoms with E-state index in [-0.39, 0.29) is 18.6 Å². The first-order chi connectivity index (χ1) is 9.54. The number of aromatic nitrogens is 2. The number of aryl methyl sites for hydroxylation is 1. The van der Waals surface area contributed by atoms with Crippen molar-refractivity contribution in [1.82, 2.24) is 20.0 Å². The van der Waals surface area contributed by atoms with Crippen LogP contribution in [0.25, 0.3) is 0 Å². The predicted molar refractivity (Wildman–Crippen MR) is 75.0 cm³/mol. The second-order valence-electron chi connectivity index (χ2n) is 5.41. The van der Waals surface area contributed by atoms with Crippen molar-refractivity contribution in [3.63, 3.8) is 0 Å². The molecule has 1 amide bonds. The molecule has 0 aliphatic carbocycles. The lowest BCUT2D eigenvalue weighted by Gasteiger charge is -2.34. The van der Waals surface area contributed by atoms with Gasteiger partial charge >= 0.3 is 0 Å². The highest BCUT2D eigenvalue weighted by Crippen LogP contribution is 2.12. The molecule has 0 radical (unpaired) electrons. The van der Waals surface area contributed by atoms with Crippen molar-refractivity contribution in [3.8, 4) is 0 Å². The molecule has 7 nitrogen and oxygen atoms in total. The summed E-state index contributed by atoms with van der Waals surface area (Å²) in [6.45, 7) is 6.37. The van der Waals surface area contributed by atoms with E-state index >= 15 is 0 Å². The van der Waals surface area contributed by atoms with Gasteiger partial charge in [0.2, 0.25) is 5.91 Å². The number of likely N-dealkylation sites (N-methyl/N-ethyl adjacent to an activating group) is 1. The third kappa shape index (κ3) is 4.29. The molecule has 1 aromatic rings. The smallest absolute Gasteiger partial charge is 0.231 e. The molecule has 1 saturated heterocycles. The number of hydrogen-bond donors (Lipinski definition) is 2. The van der Waals surface area contributed by atoms with Crippen LogP contribution in [0.1, 0.15) is 11.3 Å². The van der Waals surface area contributed by atoms with Gasteiger partial charge in [-0.15, -0.1) is 0 Å². The highest BCUT2D eigenvalue weighted by molar-refractivity contribution is 5.75. The van der Waals surface area contributed by atoms with Crippen LogP contribution in [-0.4, -0.2) is 71.8 Å². The predicted octanol–water partition coefficient (Wildman–Crippen LogP) is -0.664. The molecule has 1 aliphatic rings. The number of carbonyl (C=O) groups excluding carboxylic acids is 1. The van der Waals surface area contributed by atoms with Gasteiger partial charge in [-0.05, 0) is 14.0 Å². The van der Waals surface area contributed by atoms with E-state index in [0.29, 0.717) is 13.2 Å². The summed E-state index contributed by atoms with van der Waals surface area (Å²) in [4.78, 5) is 15.1. The van der Waals surface area contributed by atoms with E-state index in [2.05, 4.69) is 15.1 Å². The van der Waals surface area contributed by atoms with E-state index in [1.54, 1.807) is 0 Å². The highest BCUT2D eigenvalue weighted by atomic mass is 16.5. The van der Waals surface area contributed by atoms with Crippen molar-refractivity contribution in [2.24, 2.45) is 5.73 Å². The van der Waals surface area contributed by atoms with E-state index in [1.165, 1.54) is 5.56 Å². The minimum atomic E-state index is -0.311. The fourth-order valence-corrected chi connectivity index (χ4v) is 2.49. The SMILES string of the molecule is Cc1[nH]ncc1CN1CCOC(CN(C)CC(N)=O)C1. The number of carbonyl (C=O) groups is 1. The molecule has 2 rings (SSSR count). The summed E-state index contributed by atoms with van der Waals surface area (Å²) in [6, 6.07) is 0. The Morgan fingerprint density at radius 2 is 2.50 bits per heavy atom. The lowest BCUT2D eigenvalue weighted by atomic mass is 10.2. The number of nitrogens with one attached hydrogen (secondary N) is 1. The van der Waals surface area contributed by atoms with Crippen LogP contribution in [-0.2, 0) is 16.1 Å². The number of rotatable bonds is 6. The zero-order valence-corrected chi connectivity index (χ0v) is 12.1. The normalized spacial score (nSPS) is 20.4. The van der Waals surface area contributed by atoms with Gasteiger partial charge in [-0.2, -0.15) is 5.10 Å². The van der Waals surface area contributed by atoms with Crippen LogP contribution in [0, 0.1) is 6.92 Å². The number of primary amides is 1. The van der Waals surface area contributed by atoms with Crippen molar-refractivity contribution < 1.29 is 9.53 Å². The highest BCUT2D eigenvalue weighted by Gasteiger charge is 2.22. The van der Waals surface area contributed by atoms with Crippen LogP contribution in [0.3, 0.4) is 0 Å². The summed E-state index contributed by atoms with van der Waals surface area (Å²) >= 11 is 0. The number of H-pyrrole nitrogens is 1. The number of hydrogen-bond acceptors (Lipinski definition) is 5. The summed E-state index contributed by atoms with van der Waals surface area (Å²) in [5.74, 6) is -0.311. The van der Waals surface area contributed by atoms with Gasteiger partial charge in [0.25, 0.3) is 0 Å². The Morgan fingerprint density at radius 1 is 1.70 bits per heavy atom. The molecule has 1 atom stereocenters. The molecule has 7 heteroatoms. The van der Waals surface area contributed by atoms with Gasteiger partial charge in [0.1, 0.15) is 0 Å². The fourth-order valence-electron chi connectivity index (χ4n) is 2.49. The quantitative estimate of drug-likeness (QED) is 0.722. The number of aromatic amines is 1. The third-order valence-electron chi connectivity index (χ3n) is 3.49. The van der Waals surface area contributed by atoms with Crippen LogP contribution < -0.4 is 5.73 Å². The topological polar surface area (TPSA) is 87.5 Å². The van der Waals surface area contributed by atoms with Crippen LogP contribution in [0.5, 0.6) is 0 Å². The molecule has 0 bridgehead atoms. The molecule has 1 aromatic heterocycles. The van der Waals surface area contributed by atoms with Gasteiger partial charge < -0.3 is 10.5 Å². The number of ether oxygens (including phenoxy) is 1. The van der Waals surface area contributed by atoms with E-state index < -0.39 is 0 Å². The van der Waals surface area contributed by atoms with Gasteiger partial charge in [-0.25, -0.2) is 0 Å². The molecule has 1 fully saturated rings. The molecule has 20 heavy (non-hydrogen) atoms. The molecule has 1 aliphatic heterocycles. The Kier molecular flexibility index (Phi) is 5.11. The second kappa shape index (κ2) is 6.83. The maximum atomic E-state index is 10.9. The van der Waals surface area contributed by atoms with Crippen molar-refractivity contribution >= 4 is 5.91 Å². The molecule has 0 spiro atoms. The minimum Gasteiger partial charge on any atom is -0.374 e. The second-order valence-corrected chi connectivity index (χ2v) is 5.41. The van der Waals surface area contributed by atoms with Crippen LogP contribution in [0.4, 0.5) is 0 Å². The summed E-state index contributed by atoms with van der Waals surface area (Å²) in [6.07, 6.45) is 1.99. The largest absolute Gasteiger partial charge is 0.374 e. The van der Waals surface area contributed by atoms with Gasteiger partial charge in [0, 0.05) is 37.4 Å². The first-order valence-electron chi connectivity index (χ1n) is 6.84. The van der Waals surface area contributed by atoms with E-state index in [9.17, 15) is 4.79 Å². The van der Waals surface area contributed by atoms with Crippen molar-refractivity contribution in [3.05, 3.63) is 17.5 Å². The first-order valence-corrected chi connectivity index (χ1v) is 6.84. The Morgan fingerprint density at radius 3 is 3.15 bits per heavy atom. The van der Waals surface area contributed by atoms with E-state index in [1.807, 2.05) is 25.1 Å². The minimum absolute atomic E-state index is 0.111. The third-order valence-corrected chi connectivity index (χ3v) is 3.49. The van der Waals surface area contributed by atoms with Crippen LogP contribution in [0.2, 0.25) is 0 Å². The lowest BCUT2D eigenvalue weighted by Crippen LogP contribution is -2.47. The number of nitrogens with two attached hydrogens (primary N) is 1. The van der Waals surface area contributed by atoms with Gasteiger partial charge in [0.05, 0.1) is 25.5 Å². The molecule has 0 aromatic carbocycles. The summed E-state index contributed by atoms with van der Waals surface area (Å²) < 4.78 is 5.75. The summed E-state index contributed by atoms with van der Waals surface area (Å²) in [7, 11) is 1.88. The monoisotopic (exact) mass is 281 g/mol. The van der Waals surface area contributed by atoms with Crippen molar-refractivity contribution in [2.75, 3.05) is 39.8 Å². The maximum Gasteiger partial charge on any atom is 0.231 e. The average Bonchev–Trinajstić information content (AvgIpc) is 2.74. The Balaban J connectivity index is 1.82. The van der Waals surface area contributed by atoms with Crippen LogP contribution in [0.15, 0.2) is 6.20 Å². The number of morpholine rings is 1.